The van der Waals surface area contributed by atoms with Crippen LogP contribution in [-0.4, -0.2) is 27.4 Å². The van der Waals surface area contributed by atoms with E-state index in [1.54, 1.807) is 0 Å². The van der Waals surface area contributed by atoms with Gasteiger partial charge in [-0.2, -0.15) is 0 Å². The summed E-state index contributed by atoms with van der Waals surface area (Å²) in [5.74, 6) is -2.68. The SMILES string of the molecule is CC[C@H](C)[C@H](NC(=O)c1nc(-c2ccc(F)c(F)c2)n2c1CCCCC2)C(N)=O. The Hall–Kier alpha value is -2.77. The number of imidazole rings is 1. The smallest absolute Gasteiger partial charge is 0.272 e. The number of nitrogens with two attached hydrogens (primary N) is 1. The molecule has 0 unspecified atom stereocenters. The molecule has 0 radical (unpaired) electrons. The van der Waals surface area contributed by atoms with E-state index < -0.39 is 29.5 Å². The first-order chi connectivity index (χ1) is 13.8. The molecule has 2 heterocycles. The minimum Gasteiger partial charge on any atom is -0.368 e. The summed E-state index contributed by atoms with van der Waals surface area (Å²) in [6.07, 6.45) is 4.11. The fourth-order valence-electron chi connectivity index (χ4n) is 3.70. The van der Waals surface area contributed by atoms with Crippen LogP contribution in [0.4, 0.5) is 8.78 Å². The standard InChI is InChI=1S/C21H26F2N4O2/c1-3-12(2)17(19(24)28)26-21(29)18-16-7-5-4-6-10-27(16)20(25-18)13-8-9-14(22)15(23)11-13/h8-9,11-12,17H,3-7,10H2,1-2H3,(H2,24,28)(H,26,29)/t12-,17-/m0/s1. The second-order valence-electron chi connectivity index (χ2n) is 7.56. The van der Waals surface area contributed by atoms with Crippen LogP contribution in [0.3, 0.4) is 0 Å². The first-order valence-electron chi connectivity index (χ1n) is 9.98. The number of rotatable bonds is 6. The van der Waals surface area contributed by atoms with Gasteiger partial charge in [0.15, 0.2) is 11.6 Å². The molecule has 0 aliphatic carbocycles. The molecule has 0 spiro atoms. The summed E-state index contributed by atoms with van der Waals surface area (Å²) in [5.41, 5.74) is 6.83. The Morgan fingerprint density at radius 3 is 2.66 bits per heavy atom. The van der Waals surface area contributed by atoms with Crippen molar-refractivity contribution < 1.29 is 18.4 Å². The quantitative estimate of drug-likeness (QED) is 0.775. The number of carbonyl (C=O) groups excluding carboxylic acids is 2. The number of aromatic nitrogens is 2. The van der Waals surface area contributed by atoms with Gasteiger partial charge in [-0.05, 0) is 43.4 Å². The van der Waals surface area contributed by atoms with E-state index in [4.69, 9.17) is 5.73 Å². The molecule has 2 aromatic rings. The molecule has 0 fully saturated rings. The van der Waals surface area contributed by atoms with E-state index in [0.29, 0.717) is 30.8 Å². The van der Waals surface area contributed by atoms with E-state index in [-0.39, 0.29) is 11.6 Å². The average Bonchev–Trinajstić information content (AvgIpc) is 2.88. The molecule has 2 amide bonds. The summed E-state index contributed by atoms with van der Waals surface area (Å²) in [5, 5.41) is 2.72. The molecule has 0 saturated carbocycles. The highest BCUT2D eigenvalue weighted by molar-refractivity contribution is 5.97. The maximum Gasteiger partial charge on any atom is 0.272 e. The number of nitrogens with zero attached hydrogens (tertiary/aromatic N) is 2. The van der Waals surface area contributed by atoms with Crippen LogP contribution in [0.5, 0.6) is 0 Å². The zero-order chi connectivity index (χ0) is 21.1. The van der Waals surface area contributed by atoms with E-state index in [1.807, 2.05) is 18.4 Å². The first-order valence-corrected chi connectivity index (χ1v) is 9.98. The van der Waals surface area contributed by atoms with Crippen LogP contribution >= 0.6 is 0 Å². The number of primary amides is 1. The number of hydrogen-bond donors (Lipinski definition) is 2. The fraction of sp³-hybridized carbons (Fsp3) is 0.476. The van der Waals surface area contributed by atoms with Crippen LogP contribution < -0.4 is 11.1 Å². The molecule has 2 atom stereocenters. The Bertz CT molecular complexity index is 926. The van der Waals surface area contributed by atoms with E-state index >= 15 is 0 Å². The summed E-state index contributed by atoms with van der Waals surface area (Å²) in [6.45, 7) is 4.39. The second-order valence-corrected chi connectivity index (χ2v) is 7.56. The van der Waals surface area contributed by atoms with Gasteiger partial charge in [-0.25, -0.2) is 13.8 Å². The number of amides is 2. The Kier molecular flexibility index (Phi) is 6.30. The molecule has 6 nitrogen and oxygen atoms in total. The number of halogens is 2. The van der Waals surface area contributed by atoms with E-state index in [0.717, 1.165) is 37.1 Å². The number of fused-ring (bicyclic) bond motifs is 1. The van der Waals surface area contributed by atoms with Gasteiger partial charge < -0.3 is 15.6 Å². The molecule has 0 bridgehead atoms. The highest BCUT2D eigenvalue weighted by Gasteiger charge is 2.29. The van der Waals surface area contributed by atoms with Gasteiger partial charge in [-0.15, -0.1) is 0 Å². The summed E-state index contributed by atoms with van der Waals surface area (Å²) in [7, 11) is 0. The number of benzene rings is 1. The van der Waals surface area contributed by atoms with Crippen LogP contribution in [-0.2, 0) is 17.8 Å². The van der Waals surface area contributed by atoms with Crippen molar-refractivity contribution in [2.75, 3.05) is 0 Å². The van der Waals surface area contributed by atoms with Crippen molar-refractivity contribution in [3.8, 4) is 11.4 Å². The minimum atomic E-state index is -0.968. The molecular weight excluding hydrogens is 378 g/mol. The van der Waals surface area contributed by atoms with Crippen molar-refractivity contribution in [3.05, 3.63) is 41.2 Å². The lowest BCUT2D eigenvalue weighted by Crippen LogP contribution is -2.48. The molecule has 3 rings (SSSR count). The molecule has 1 aromatic heterocycles. The summed E-state index contributed by atoms with van der Waals surface area (Å²) >= 11 is 0. The Morgan fingerprint density at radius 1 is 1.24 bits per heavy atom. The maximum absolute atomic E-state index is 13.8. The second kappa shape index (κ2) is 8.71. The fourth-order valence-corrected chi connectivity index (χ4v) is 3.70. The van der Waals surface area contributed by atoms with Gasteiger partial charge in [-0.1, -0.05) is 26.7 Å². The van der Waals surface area contributed by atoms with Gasteiger partial charge in [0, 0.05) is 12.1 Å². The van der Waals surface area contributed by atoms with E-state index in [1.165, 1.54) is 6.07 Å². The number of nitrogens with one attached hydrogen (secondary N) is 1. The average molecular weight is 404 g/mol. The van der Waals surface area contributed by atoms with Crippen LogP contribution in [0.25, 0.3) is 11.4 Å². The molecule has 1 aliphatic rings. The van der Waals surface area contributed by atoms with Crippen LogP contribution in [0.2, 0.25) is 0 Å². The lowest BCUT2D eigenvalue weighted by Gasteiger charge is -2.20. The summed E-state index contributed by atoms with van der Waals surface area (Å²) in [4.78, 5) is 29.3. The number of hydrogen-bond acceptors (Lipinski definition) is 3. The van der Waals surface area contributed by atoms with Gasteiger partial charge in [0.05, 0.1) is 5.69 Å². The van der Waals surface area contributed by atoms with Crippen molar-refractivity contribution in [1.82, 2.24) is 14.9 Å². The van der Waals surface area contributed by atoms with Gasteiger partial charge in [0.2, 0.25) is 5.91 Å². The largest absolute Gasteiger partial charge is 0.368 e. The Morgan fingerprint density at radius 2 is 2.00 bits per heavy atom. The lowest BCUT2D eigenvalue weighted by molar-refractivity contribution is -0.120. The highest BCUT2D eigenvalue weighted by Crippen LogP contribution is 2.28. The molecular formula is C21H26F2N4O2. The minimum absolute atomic E-state index is 0.122. The van der Waals surface area contributed by atoms with Gasteiger partial charge in [0.25, 0.3) is 5.91 Å². The zero-order valence-electron chi connectivity index (χ0n) is 16.7. The molecule has 8 heteroatoms. The Labute approximate surface area is 168 Å². The van der Waals surface area contributed by atoms with Crippen LogP contribution in [0.15, 0.2) is 18.2 Å². The lowest BCUT2D eigenvalue weighted by atomic mass is 9.98. The van der Waals surface area contributed by atoms with Crippen molar-refractivity contribution in [2.24, 2.45) is 11.7 Å². The van der Waals surface area contributed by atoms with Gasteiger partial charge >= 0.3 is 0 Å². The van der Waals surface area contributed by atoms with Crippen LogP contribution in [0, 0.1) is 17.6 Å². The third-order valence-electron chi connectivity index (χ3n) is 5.57. The van der Waals surface area contributed by atoms with Crippen molar-refractivity contribution in [3.63, 3.8) is 0 Å². The predicted molar refractivity (Wildman–Crippen MR) is 105 cm³/mol. The van der Waals surface area contributed by atoms with Gasteiger partial charge in [-0.3, -0.25) is 9.59 Å². The topological polar surface area (TPSA) is 90.0 Å². The van der Waals surface area contributed by atoms with Crippen molar-refractivity contribution in [1.29, 1.82) is 0 Å². The molecule has 156 valence electrons. The third kappa shape index (κ3) is 4.31. The summed E-state index contributed by atoms with van der Waals surface area (Å²) < 4.78 is 29.1. The summed E-state index contributed by atoms with van der Waals surface area (Å²) in [6, 6.07) is 2.78. The van der Waals surface area contributed by atoms with E-state index in [2.05, 4.69) is 10.3 Å². The first kappa shape index (κ1) is 21.0. The monoisotopic (exact) mass is 404 g/mol. The van der Waals surface area contributed by atoms with Gasteiger partial charge in [0.1, 0.15) is 17.6 Å². The third-order valence-corrected chi connectivity index (χ3v) is 5.57. The highest BCUT2D eigenvalue weighted by atomic mass is 19.2. The normalized spacial score (nSPS) is 15.9. The molecule has 3 N–H and O–H groups in total. The van der Waals surface area contributed by atoms with Crippen molar-refractivity contribution in [2.45, 2.75) is 58.5 Å². The van der Waals surface area contributed by atoms with Crippen molar-refractivity contribution >= 4 is 11.8 Å². The predicted octanol–water partition coefficient (Wildman–Crippen LogP) is 3.18. The van der Waals surface area contributed by atoms with E-state index in [9.17, 15) is 18.4 Å². The molecule has 0 saturated heterocycles. The molecule has 29 heavy (non-hydrogen) atoms. The maximum atomic E-state index is 13.8. The Balaban J connectivity index is 2.02. The van der Waals surface area contributed by atoms with Crippen LogP contribution in [0.1, 0.15) is 55.7 Å². The number of carbonyl (C=O) groups is 2. The molecule has 1 aliphatic heterocycles. The molecule has 1 aromatic carbocycles. The zero-order valence-corrected chi connectivity index (χ0v) is 16.7.